The molecule has 24 heavy (non-hydrogen) atoms. The summed E-state index contributed by atoms with van der Waals surface area (Å²) >= 11 is 0. The SMILES string of the molecule is CN(Cc1cc(F)ccc1F)C1CN(c2ccc3nncn3n2)C1. The van der Waals surface area contributed by atoms with Crippen molar-refractivity contribution in [3.8, 4) is 0 Å². The van der Waals surface area contributed by atoms with E-state index in [-0.39, 0.29) is 11.9 Å². The van der Waals surface area contributed by atoms with E-state index in [1.165, 1.54) is 12.1 Å². The van der Waals surface area contributed by atoms with Crippen LogP contribution in [0.25, 0.3) is 5.65 Å². The lowest BCUT2D eigenvalue weighted by Gasteiger charge is -2.44. The van der Waals surface area contributed by atoms with E-state index in [4.69, 9.17) is 0 Å². The summed E-state index contributed by atoms with van der Waals surface area (Å²) < 4.78 is 28.6. The molecule has 1 fully saturated rings. The Hall–Kier alpha value is -2.61. The quantitative estimate of drug-likeness (QED) is 0.729. The second kappa shape index (κ2) is 5.79. The van der Waals surface area contributed by atoms with Gasteiger partial charge in [0.15, 0.2) is 5.65 Å². The van der Waals surface area contributed by atoms with E-state index in [0.717, 1.165) is 25.0 Å². The van der Waals surface area contributed by atoms with Gasteiger partial charge < -0.3 is 4.90 Å². The molecule has 3 heterocycles. The molecule has 8 heteroatoms. The second-order valence-electron chi connectivity index (χ2n) is 6.03. The van der Waals surface area contributed by atoms with Crippen LogP contribution in [0.1, 0.15) is 5.56 Å². The first kappa shape index (κ1) is 14.9. The fraction of sp³-hybridized carbons (Fsp3) is 0.312. The summed E-state index contributed by atoms with van der Waals surface area (Å²) in [6.07, 6.45) is 1.56. The molecule has 1 saturated heterocycles. The molecular weight excluding hydrogens is 314 g/mol. The van der Waals surface area contributed by atoms with Crippen molar-refractivity contribution in [2.24, 2.45) is 0 Å². The van der Waals surface area contributed by atoms with Gasteiger partial charge in [-0.2, -0.15) is 4.52 Å². The van der Waals surface area contributed by atoms with Crippen LogP contribution in [0.3, 0.4) is 0 Å². The van der Waals surface area contributed by atoms with Gasteiger partial charge in [-0.3, -0.25) is 4.90 Å². The van der Waals surface area contributed by atoms with Gasteiger partial charge >= 0.3 is 0 Å². The van der Waals surface area contributed by atoms with Crippen LogP contribution in [0.15, 0.2) is 36.7 Å². The molecule has 0 spiro atoms. The van der Waals surface area contributed by atoms with E-state index in [0.29, 0.717) is 17.8 Å². The van der Waals surface area contributed by atoms with E-state index >= 15 is 0 Å². The highest BCUT2D eigenvalue weighted by molar-refractivity contribution is 5.47. The number of aromatic nitrogens is 4. The van der Waals surface area contributed by atoms with Gasteiger partial charge in [-0.1, -0.05) is 0 Å². The Balaban J connectivity index is 1.40. The Kier molecular flexibility index (Phi) is 3.61. The van der Waals surface area contributed by atoms with Gasteiger partial charge in [0.25, 0.3) is 0 Å². The molecular formula is C16H16F2N6. The molecule has 2 aromatic heterocycles. The average molecular weight is 330 g/mol. The number of anilines is 1. The number of hydrogen-bond acceptors (Lipinski definition) is 5. The number of nitrogens with zero attached hydrogens (tertiary/aromatic N) is 6. The normalized spacial score (nSPS) is 15.2. The zero-order chi connectivity index (χ0) is 16.7. The molecule has 1 aromatic carbocycles. The van der Waals surface area contributed by atoms with Crippen molar-refractivity contribution in [3.63, 3.8) is 0 Å². The van der Waals surface area contributed by atoms with Gasteiger partial charge in [0.1, 0.15) is 23.8 Å². The Morgan fingerprint density at radius 1 is 1.21 bits per heavy atom. The highest BCUT2D eigenvalue weighted by Gasteiger charge is 2.31. The molecule has 0 unspecified atom stereocenters. The zero-order valence-electron chi connectivity index (χ0n) is 13.1. The lowest BCUT2D eigenvalue weighted by molar-refractivity contribution is 0.194. The third-order valence-corrected chi connectivity index (χ3v) is 4.38. The number of rotatable bonds is 4. The molecule has 0 N–H and O–H groups in total. The van der Waals surface area contributed by atoms with E-state index < -0.39 is 5.82 Å². The third kappa shape index (κ3) is 2.69. The molecule has 0 atom stereocenters. The fourth-order valence-corrected chi connectivity index (χ4v) is 2.87. The molecule has 0 saturated carbocycles. The number of benzene rings is 1. The Labute approximate surface area is 137 Å². The molecule has 0 amide bonds. The van der Waals surface area contributed by atoms with Gasteiger partial charge in [0.05, 0.1) is 0 Å². The largest absolute Gasteiger partial charge is 0.352 e. The van der Waals surface area contributed by atoms with Crippen molar-refractivity contribution in [3.05, 3.63) is 53.9 Å². The van der Waals surface area contributed by atoms with Crippen molar-refractivity contribution in [2.75, 3.05) is 25.0 Å². The monoisotopic (exact) mass is 330 g/mol. The number of hydrogen-bond donors (Lipinski definition) is 0. The van der Waals surface area contributed by atoms with Crippen LogP contribution in [-0.2, 0) is 6.54 Å². The van der Waals surface area contributed by atoms with Crippen LogP contribution in [0.5, 0.6) is 0 Å². The highest BCUT2D eigenvalue weighted by Crippen LogP contribution is 2.23. The second-order valence-corrected chi connectivity index (χ2v) is 6.03. The van der Waals surface area contributed by atoms with Crippen LogP contribution in [0, 0.1) is 11.6 Å². The molecule has 0 radical (unpaired) electrons. The van der Waals surface area contributed by atoms with Gasteiger partial charge in [0.2, 0.25) is 0 Å². The van der Waals surface area contributed by atoms with Crippen molar-refractivity contribution < 1.29 is 8.78 Å². The summed E-state index contributed by atoms with van der Waals surface area (Å²) in [7, 11) is 1.92. The van der Waals surface area contributed by atoms with Crippen molar-refractivity contribution in [1.29, 1.82) is 0 Å². The summed E-state index contributed by atoms with van der Waals surface area (Å²) in [6.45, 7) is 1.95. The Morgan fingerprint density at radius 3 is 2.88 bits per heavy atom. The van der Waals surface area contributed by atoms with E-state index in [1.54, 1.807) is 10.8 Å². The molecule has 0 aliphatic carbocycles. The first-order chi connectivity index (χ1) is 11.6. The van der Waals surface area contributed by atoms with Gasteiger partial charge in [0, 0.05) is 31.2 Å². The smallest absolute Gasteiger partial charge is 0.177 e. The van der Waals surface area contributed by atoms with Crippen molar-refractivity contribution >= 4 is 11.5 Å². The highest BCUT2D eigenvalue weighted by atomic mass is 19.1. The van der Waals surface area contributed by atoms with Crippen LogP contribution >= 0.6 is 0 Å². The first-order valence-corrected chi connectivity index (χ1v) is 7.66. The van der Waals surface area contributed by atoms with Crippen LogP contribution < -0.4 is 4.90 Å². The topological polar surface area (TPSA) is 49.6 Å². The van der Waals surface area contributed by atoms with Gasteiger partial charge in [-0.25, -0.2) is 8.78 Å². The minimum atomic E-state index is -0.415. The average Bonchev–Trinajstić information content (AvgIpc) is 2.97. The van der Waals surface area contributed by atoms with E-state index in [9.17, 15) is 8.78 Å². The number of fused-ring (bicyclic) bond motifs is 1. The number of halogens is 2. The summed E-state index contributed by atoms with van der Waals surface area (Å²) in [4.78, 5) is 4.16. The van der Waals surface area contributed by atoms with Crippen LogP contribution in [0.2, 0.25) is 0 Å². The molecule has 0 bridgehead atoms. The van der Waals surface area contributed by atoms with Crippen molar-refractivity contribution in [1.82, 2.24) is 24.7 Å². The minimum absolute atomic E-state index is 0.270. The standard InChI is InChI=1S/C16H16F2N6/c1-22(7-11-6-12(17)2-3-14(11)18)13-8-23(9-13)16-5-4-15-20-19-10-24(15)21-16/h2-6,10,13H,7-9H2,1H3. The predicted octanol–water partition coefficient (Wildman–Crippen LogP) is 1.72. The predicted molar refractivity (Wildman–Crippen MR) is 84.6 cm³/mol. The van der Waals surface area contributed by atoms with E-state index in [1.807, 2.05) is 24.1 Å². The van der Waals surface area contributed by atoms with Crippen LogP contribution in [-0.4, -0.2) is 50.9 Å². The summed E-state index contributed by atoms with van der Waals surface area (Å²) in [6, 6.07) is 7.61. The summed E-state index contributed by atoms with van der Waals surface area (Å²) in [5.74, 6) is 0.0597. The molecule has 1 aliphatic rings. The van der Waals surface area contributed by atoms with Crippen molar-refractivity contribution in [2.45, 2.75) is 12.6 Å². The van der Waals surface area contributed by atoms with Gasteiger partial charge in [-0.05, 0) is 37.4 Å². The lowest BCUT2D eigenvalue weighted by atomic mass is 10.1. The Bertz CT molecular complexity index is 874. The summed E-state index contributed by atoms with van der Waals surface area (Å²) in [5.41, 5.74) is 1.08. The molecule has 1 aliphatic heterocycles. The summed E-state index contributed by atoms with van der Waals surface area (Å²) in [5, 5.41) is 12.2. The maximum atomic E-state index is 13.7. The Morgan fingerprint density at radius 2 is 2.04 bits per heavy atom. The first-order valence-electron chi connectivity index (χ1n) is 7.66. The maximum absolute atomic E-state index is 13.7. The lowest BCUT2D eigenvalue weighted by Crippen LogP contribution is -2.58. The molecule has 6 nitrogen and oxygen atoms in total. The number of likely N-dealkylation sites (N-methyl/N-ethyl adjacent to an activating group) is 1. The molecule has 3 aromatic rings. The minimum Gasteiger partial charge on any atom is -0.352 e. The van der Waals surface area contributed by atoms with Gasteiger partial charge in [-0.15, -0.1) is 15.3 Å². The molecule has 124 valence electrons. The van der Waals surface area contributed by atoms with E-state index in [2.05, 4.69) is 20.2 Å². The third-order valence-electron chi connectivity index (χ3n) is 4.38. The molecule has 4 rings (SSSR count). The zero-order valence-corrected chi connectivity index (χ0v) is 13.1. The fourth-order valence-electron chi connectivity index (χ4n) is 2.87. The maximum Gasteiger partial charge on any atom is 0.177 e. The van der Waals surface area contributed by atoms with Crippen LogP contribution in [0.4, 0.5) is 14.6 Å².